The number of anilines is 1. The number of carbonyl (C=O) groups excluding carboxylic acids is 1. The number of thiazole rings is 1. The molecule has 3 aromatic rings. The zero-order valence-corrected chi connectivity index (χ0v) is 16.5. The van der Waals surface area contributed by atoms with Gasteiger partial charge in [-0.15, -0.1) is 11.3 Å². The van der Waals surface area contributed by atoms with Crippen molar-refractivity contribution in [1.82, 2.24) is 4.98 Å². The Bertz CT molecular complexity index is 1060. The lowest BCUT2D eigenvalue weighted by Crippen LogP contribution is -2.07. The van der Waals surface area contributed by atoms with Gasteiger partial charge < -0.3 is 0 Å². The van der Waals surface area contributed by atoms with E-state index < -0.39 is 4.92 Å². The molecule has 1 N–H and O–H groups in total. The fourth-order valence-electron chi connectivity index (χ4n) is 3.09. The fourth-order valence-corrected chi connectivity index (χ4v) is 3.80. The Hall–Kier alpha value is -3.32. The van der Waals surface area contributed by atoms with Gasteiger partial charge in [0, 0.05) is 29.2 Å². The van der Waals surface area contributed by atoms with Gasteiger partial charge in [0.25, 0.3) is 5.69 Å². The second-order valence-corrected chi connectivity index (χ2v) is 7.34. The van der Waals surface area contributed by atoms with Gasteiger partial charge in [0.1, 0.15) is 0 Å². The van der Waals surface area contributed by atoms with Crippen molar-refractivity contribution < 1.29 is 9.72 Å². The van der Waals surface area contributed by atoms with Crippen molar-refractivity contribution in [2.75, 3.05) is 5.32 Å². The summed E-state index contributed by atoms with van der Waals surface area (Å²) in [6.07, 6.45) is 2.87. The molecule has 0 atom stereocenters. The van der Waals surface area contributed by atoms with Crippen LogP contribution in [0.25, 0.3) is 17.3 Å². The first-order valence-corrected chi connectivity index (χ1v) is 9.48. The number of aryl methyl sites for hydroxylation is 3. The standard InChI is InChI=1S/C21H19N3O3S/c1-13-9-14(2)20(15(3)10-13)18-12-28-21(22-18)23-19(25)8-7-16-5-4-6-17(11-16)24(26)27/h4-12H,1-3H3,(H,22,23,25)/b8-7+. The normalized spacial score (nSPS) is 11.0. The summed E-state index contributed by atoms with van der Waals surface area (Å²) >= 11 is 1.36. The number of nitro groups is 1. The first-order chi connectivity index (χ1) is 13.3. The molecule has 7 heteroatoms. The first-order valence-electron chi connectivity index (χ1n) is 8.61. The summed E-state index contributed by atoms with van der Waals surface area (Å²) in [4.78, 5) is 27.0. The molecule has 6 nitrogen and oxygen atoms in total. The monoisotopic (exact) mass is 393 g/mol. The molecule has 0 fully saturated rings. The largest absolute Gasteiger partial charge is 0.298 e. The van der Waals surface area contributed by atoms with Crippen LogP contribution in [0.15, 0.2) is 47.9 Å². The number of nitro benzene ring substituents is 1. The van der Waals surface area contributed by atoms with Gasteiger partial charge in [0.2, 0.25) is 5.91 Å². The third-order valence-corrected chi connectivity index (χ3v) is 4.93. The summed E-state index contributed by atoms with van der Waals surface area (Å²) in [5, 5.41) is 16.0. The zero-order valence-electron chi connectivity index (χ0n) is 15.7. The molecule has 0 saturated heterocycles. The summed E-state index contributed by atoms with van der Waals surface area (Å²) in [5.41, 5.74) is 5.96. The lowest BCUT2D eigenvalue weighted by molar-refractivity contribution is -0.384. The van der Waals surface area contributed by atoms with E-state index in [1.165, 1.54) is 41.2 Å². The number of nitrogens with one attached hydrogen (secondary N) is 1. The van der Waals surface area contributed by atoms with Crippen molar-refractivity contribution in [1.29, 1.82) is 0 Å². The van der Waals surface area contributed by atoms with E-state index in [4.69, 9.17) is 0 Å². The third-order valence-electron chi connectivity index (χ3n) is 4.18. The maximum absolute atomic E-state index is 12.2. The Morgan fingerprint density at radius 3 is 2.57 bits per heavy atom. The highest BCUT2D eigenvalue weighted by Gasteiger charge is 2.12. The average Bonchev–Trinajstić information content (AvgIpc) is 3.07. The van der Waals surface area contributed by atoms with E-state index in [-0.39, 0.29) is 11.6 Å². The number of rotatable bonds is 5. The van der Waals surface area contributed by atoms with Crippen LogP contribution in [0.4, 0.5) is 10.8 Å². The summed E-state index contributed by atoms with van der Waals surface area (Å²) in [6.45, 7) is 6.16. The smallest absolute Gasteiger partial charge is 0.270 e. The molecule has 2 aromatic carbocycles. The Balaban J connectivity index is 1.73. The molecular formula is C21H19N3O3S. The average molecular weight is 393 g/mol. The summed E-state index contributed by atoms with van der Waals surface area (Å²) in [5.74, 6) is -0.343. The Morgan fingerprint density at radius 1 is 1.18 bits per heavy atom. The predicted octanol–water partition coefficient (Wildman–Crippen LogP) is 5.30. The molecule has 3 rings (SSSR count). The van der Waals surface area contributed by atoms with Crippen LogP contribution in [0.3, 0.4) is 0 Å². The minimum atomic E-state index is -0.469. The van der Waals surface area contributed by atoms with E-state index in [1.807, 2.05) is 5.38 Å². The number of amides is 1. The third kappa shape index (κ3) is 4.50. The van der Waals surface area contributed by atoms with Gasteiger partial charge in [-0.1, -0.05) is 29.8 Å². The van der Waals surface area contributed by atoms with Gasteiger partial charge in [0.15, 0.2) is 5.13 Å². The Kier molecular flexibility index (Phi) is 5.65. The molecule has 1 amide bonds. The number of hydrogen-bond acceptors (Lipinski definition) is 5. The van der Waals surface area contributed by atoms with E-state index in [1.54, 1.807) is 12.1 Å². The van der Waals surface area contributed by atoms with Crippen molar-refractivity contribution in [3.63, 3.8) is 0 Å². The molecule has 0 unspecified atom stereocenters. The number of carbonyl (C=O) groups is 1. The van der Waals surface area contributed by atoms with Crippen molar-refractivity contribution in [3.8, 4) is 11.3 Å². The maximum atomic E-state index is 12.2. The molecule has 0 saturated carbocycles. The first kappa shape index (κ1) is 19.4. The van der Waals surface area contributed by atoms with Gasteiger partial charge in [0.05, 0.1) is 10.6 Å². The van der Waals surface area contributed by atoms with Crippen LogP contribution in [0, 0.1) is 30.9 Å². The van der Waals surface area contributed by atoms with E-state index in [0.717, 1.165) is 22.4 Å². The van der Waals surface area contributed by atoms with Crippen LogP contribution in [-0.4, -0.2) is 15.8 Å². The van der Waals surface area contributed by atoms with Crippen molar-refractivity contribution in [3.05, 3.63) is 80.2 Å². The van der Waals surface area contributed by atoms with Crippen molar-refractivity contribution >= 4 is 34.1 Å². The number of benzene rings is 2. The van der Waals surface area contributed by atoms with Crippen LogP contribution in [0.2, 0.25) is 0 Å². The van der Waals surface area contributed by atoms with Gasteiger partial charge in [-0.2, -0.15) is 0 Å². The highest BCUT2D eigenvalue weighted by Crippen LogP contribution is 2.31. The topological polar surface area (TPSA) is 85.1 Å². The van der Waals surface area contributed by atoms with Crippen LogP contribution in [0.5, 0.6) is 0 Å². The molecule has 0 aliphatic heterocycles. The van der Waals surface area contributed by atoms with Gasteiger partial charge in [-0.25, -0.2) is 4.98 Å². The lowest BCUT2D eigenvalue weighted by atomic mass is 9.98. The lowest BCUT2D eigenvalue weighted by Gasteiger charge is -2.08. The fraction of sp³-hybridized carbons (Fsp3) is 0.143. The molecule has 0 spiro atoms. The molecule has 0 aliphatic carbocycles. The molecule has 1 heterocycles. The van der Waals surface area contributed by atoms with E-state index in [2.05, 4.69) is 43.2 Å². The molecule has 0 bridgehead atoms. The van der Waals surface area contributed by atoms with E-state index in [0.29, 0.717) is 10.7 Å². The second-order valence-electron chi connectivity index (χ2n) is 6.49. The SMILES string of the molecule is Cc1cc(C)c(-c2csc(NC(=O)/C=C/c3cccc([N+](=O)[O-])c3)n2)c(C)c1. The zero-order chi connectivity index (χ0) is 20.3. The predicted molar refractivity (Wildman–Crippen MR) is 113 cm³/mol. The quantitative estimate of drug-likeness (QED) is 0.362. The molecule has 1 aromatic heterocycles. The number of aromatic nitrogens is 1. The Morgan fingerprint density at radius 2 is 1.89 bits per heavy atom. The molecule has 142 valence electrons. The molecular weight excluding hydrogens is 374 g/mol. The number of hydrogen-bond donors (Lipinski definition) is 1. The summed E-state index contributed by atoms with van der Waals surface area (Å²) < 4.78 is 0. The summed E-state index contributed by atoms with van der Waals surface area (Å²) in [6, 6.07) is 10.3. The molecule has 0 radical (unpaired) electrons. The highest BCUT2D eigenvalue weighted by atomic mass is 32.1. The van der Waals surface area contributed by atoms with Crippen LogP contribution in [-0.2, 0) is 4.79 Å². The van der Waals surface area contributed by atoms with Crippen molar-refractivity contribution in [2.45, 2.75) is 20.8 Å². The highest BCUT2D eigenvalue weighted by molar-refractivity contribution is 7.14. The van der Waals surface area contributed by atoms with Crippen LogP contribution >= 0.6 is 11.3 Å². The van der Waals surface area contributed by atoms with E-state index in [9.17, 15) is 14.9 Å². The number of non-ortho nitro benzene ring substituents is 1. The minimum Gasteiger partial charge on any atom is -0.298 e. The maximum Gasteiger partial charge on any atom is 0.270 e. The van der Waals surface area contributed by atoms with Crippen molar-refractivity contribution in [2.24, 2.45) is 0 Å². The minimum absolute atomic E-state index is 0.0176. The van der Waals surface area contributed by atoms with E-state index >= 15 is 0 Å². The summed E-state index contributed by atoms with van der Waals surface area (Å²) in [7, 11) is 0. The van der Waals surface area contributed by atoms with Crippen LogP contribution in [0.1, 0.15) is 22.3 Å². The number of nitrogens with zero attached hydrogens (tertiary/aromatic N) is 2. The molecule has 0 aliphatic rings. The van der Waals surface area contributed by atoms with Gasteiger partial charge >= 0.3 is 0 Å². The Labute approximate surface area is 166 Å². The molecule has 28 heavy (non-hydrogen) atoms. The second kappa shape index (κ2) is 8.14. The van der Waals surface area contributed by atoms with Gasteiger partial charge in [-0.3, -0.25) is 20.2 Å². The van der Waals surface area contributed by atoms with Gasteiger partial charge in [-0.05, 0) is 43.5 Å². The van der Waals surface area contributed by atoms with Crippen LogP contribution < -0.4 is 5.32 Å².